The quantitative estimate of drug-likeness (QED) is 0.372. The smallest absolute Gasteiger partial charge is 0.353 e. The van der Waals surface area contributed by atoms with E-state index >= 15 is 0 Å². The molecule has 1 aromatic heterocycles. The summed E-state index contributed by atoms with van der Waals surface area (Å²) in [5.74, 6) is 0.409. The Kier molecular flexibility index (Phi) is 7.35. The molecule has 0 spiro atoms. The molecule has 28 heavy (non-hydrogen) atoms. The van der Waals surface area contributed by atoms with E-state index in [-0.39, 0.29) is 17.3 Å². The van der Waals surface area contributed by atoms with Crippen molar-refractivity contribution in [3.63, 3.8) is 0 Å². The molecule has 9 nitrogen and oxygen atoms in total. The summed E-state index contributed by atoms with van der Waals surface area (Å²) in [5, 5.41) is 18.3. The number of nitro groups is 1. The zero-order valence-corrected chi connectivity index (χ0v) is 16.2. The maximum absolute atomic E-state index is 11.6. The fourth-order valence-electron chi connectivity index (χ4n) is 2.93. The normalized spacial score (nSPS) is 14.6. The molecule has 1 saturated heterocycles. The van der Waals surface area contributed by atoms with Gasteiger partial charge in [-0.25, -0.2) is 9.97 Å². The minimum absolute atomic E-state index is 0.150. The van der Waals surface area contributed by atoms with Crippen molar-refractivity contribution < 1.29 is 9.66 Å². The number of nitrogens with one attached hydrogen (secondary N) is 2. The lowest BCUT2D eigenvalue weighted by molar-refractivity contribution is -0.383. The molecule has 2 aromatic rings. The Morgan fingerprint density at radius 1 is 1.14 bits per heavy atom. The molecule has 1 aliphatic rings. The second-order valence-corrected chi connectivity index (χ2v) is 6.83. The van der Waals surface area contributed by atoms with Crippen LogP contribution in [-0.2, 0) is 11.3 Å². The third-order valence-electron chi connectivity index (χ3n) is 4.43. The number of hydrogen-bond acceptors (Lipinski definition) is 8. The number of nitrogens with zero attached hydrogens (tertiary/aromatic N) is 4. The van der Waals surface area contributed by atoms with Crippen LogP contribution in [0.3, 0.4) is 0 Å². The summed E-state index contributed by atoms with van der Waals surface area (Å²) >= 11 is 5.88. The minimum Gasteiger partial charge on any atom is -0.379 e. The molecule has 0 atom stereocenters. The highest BCUT2D eigenvalue weighted by Gasteiger charge is 2.22. The van der Waals surface area contributed by atoms with Gasteiger partial charge in [-0.15, -0.1) is 0 Å². The van der Waals surface area contributed by atoms with Crippen molar-refractivity contribution in [1.29, 1.82) is 0 Å². The fraction of sp³-hybridized carbons (Fsp3) is 0.444. The predicted molar refractivity (Wildman–Crippen MR) is 108 cm³/mol. The molecule has 0 amide bonds. The molecule has 0 saturated carbocycles. The van der Waals surface area contributed by atoms with Crippen LogP contribution in [0.1, 0.15) is 12.0 Å². The van der Waals surface area contributed by atoms with E-state index in [4.69, 9.17) is 16.3 Å². The third kappa shape index (κ3) is 5.75. The standard InChI is InChI=1S/C18H23ClN6O3/c19-15-4-2-14(3-5-15)12-21-18-16(25(26)27)17(22-13-23-18)20-6-1-7-24-8-10-28-11-9-24/h2-5,13H,1,6-12H2,(H2,20,21,22,23). The van der Waals surface area contributed by atoms with Crippen molar-refractivity contribution in [2.45, 2.75) is 13.0 Å². The molecule has 0 bridgehead atoms. The van der Waals surface area contributed by atoms with Crippen LogP contribution in [0.5, 0.6) is 0 Å². The van der Waals surface area contributed by atoms with Crippen molar-refractivity contribution in [2.75, 3.05) is 50.0 Å². The zero-order chi connectivity index (χ0) is 19.8. The Bertz CT molecular complexity index is 783. The Balaban J connectivity index is 1.58. The van der Waals surface area contributed by atoms with E-state index in [0.717, 1.165) is 44.8 Å². The number of rotatable bonds is 9. The van der Waals surface area contributed by atoms with Crippen LogP contribution in [0.4, 0.5) is 17.3 Å². The van der Waals surface area contributed by atoms with Gasteiger partial charge in [-0.05, 0) is 30.7 Å². The van der Waals surface area contributed by atoms with Gasteiger partial charge in [0, 0.05) is 31.2 Å². The molecule has 10 heteroatoms. The first-order valence-electron chi connectivity index (χ1n) is 9.15. The molecule has 2 heterocycles. The number of anilines is 2. The SMILES string of the molecule is O=[N+]([O-])c1c(NCCCN2CCOCC2)ncnc1NCc1ccc(Cl)cc1. The Morgan fingerprint density at radius 2 is 1.82 bits per heavy atom. The molecule has 1 fully saturated rings. The molecule has 0 unspecified atom stereocenters. The first-order chi connectivity index (χ1) is 13.6. The number of hydrogen-bond donors (Lipinski definition) is 2. The van der Waals surface area contributed by atoms with Crippen LogP contribution in [0.15, 0.2) is 30.6 Å². The molecular weight excluding hydrogens is 384 g/mol. The minimum atomic E-state index is -0.464. The maximum Gasteiger partial charge on any atom is 0.353 e. The molecule has 0 aliphatic carbocycles. The molecule has 0 radical (unpaired) electrons. The van der Waals surface area contributed by atoms with E-state index in [1.165, 1.54) is 6.33 Å². The molecule has 1 aromatic carbocycles. The van der Waals surface area contributed by atoms with Gasteiger partial charge in [0.1, 0.15) is 6.33 Å². The number of ether oxygens (including phenoxy) is 1. The Labute approximate surface area is 168 Å². The number of morpholine rings is 1. The van der Waals surface area contributed by atoms with Crippen LogP contribution in [-0.4, -0.2) is 59.2 Å². The molecule has 150 valence electrons. The average Bonchev–Trinajstić information content (AvgIpc) is 2.71. The lowest BCUT2D eigenvalue weighted by Crippen LogP contribution is -2.37. The van der Waals surface area contributed by atoms with Gasteiger partial charge in [0.25, 0.3) is 0 Å². The van der Waals surface area contributed by atoms with E-state index in [2.05, 4.69) is 25.5 Å². The maximum atomic E-state index is 11.6. The summed E-state index contributed by atoms with van der Waals surface area (Å²) in [7, 11) is 0. The van der Waals surface area contributed by atoms with Gasteiger partial charge in [0.15, 0.2) is 0 Å². The third-order valence-corrected chi connectivity index (χ3v) is 4.68. The second kappa shape index (κ2) is 10.2. The zero-order valence-electron chi connectivity index (χ0n) is 15.4. The molecule has 1 aliphatic heterocycles. The van der Waals surface area contributed by atoms with Gasteiger partial charge in [-0.2, -0.15) is 0 Å². The molecule has 3 rings (SSSR count). The molecule has 2 N–H and O–H groups in total. The Hall–Kier alpha value is -2.49. The summed E-state index contributed by atoms with van der Waals surface area (Å²) in [6, 6.07) is 7.25. The van der Waals surface area contributed by atoms with Gasteiger partial charge >= 0.3 is 5.69 Å². The fourth-order valence-corrected chi connectivity index (χ4v) is 3.06. The first kappa shape index (κ1) is 20.2. The van der Waals surface area contributed by atoms with E-state index in [1.807, 2.05) is 12.1 Å². The lowest BCUT2D eigenvalue weighted by atomic mass is 10.2. The Morgan fingerprint density at radius 3 is 2.50 bits per heavy atom. The summed E-state index contributed by atoms with van der Waals surface area (Å²) in [5.41, 5.74) is 0.792. The topological polar surface area (TPSA) is 105 Å². The summed E-state index contributed by atoms with van der Waals surface area (Å²) in [4.78, 5) is 21.5. The van der Waals surface area contributed by atoms with Crippen LogP contribution in [0.2, 0.25) is 5.02 Å². The van der Waals surface area contributed by atoms with Crippen molar-refractivity contribution in [3.8, 4) is 0 Å². The van der Waals surface area contributed by atoms with Crippen LogP contribution < -0.4 is 10.6 Å². The summed E-state index contributed by atoms with van der Waals surface area (Å²) in [6.45, 7) is 5.26. The van der Waals surface area contributed by atoms with Crippen molar-refractivity contribution in [2.24, 2.45) is 0 Å². The van der Waals surface area contributed by atoms with E-state index in [0.29, 0.717) is 18.1 Å². The number of halogens is 1. The first-order valence-corrected chi connectivity index (χ1v) is 9.53. The summed E-state index contributed by atoms with van der Waals surface area (Å²) < 4.78 is 5.33. The monoisotopic (exact) mass is 406 g/mol. The number of aromatic nitrogens is 2. The van der Waals surface area contributed by atoms with Gasteiger partial charge < -0.3 is 15.4 Å². The van der Waals surface area contributed by atoms with E-state index in [9.17, 15) is 10.1 Å². The second-order valence-electron chi connectivity index (χ2n) is 6.39. The average molecular weight is 407 g/mol. The van der Waals surface area contributed by atoms with Crippen LogP contribution in [0, 0.1) is 10.1 Å². The largest absolute Gasteiger partial charge is 0.379 e. The van der Waals surface area contributed by atoms with Crippen LogP contribution >= 0.6 is 11.6 Å². The van der Waals surface area contributed by atoms with E-state index in [1.54, 1.807) is 12.1 Å². The highest BCUT2D eigenvalue weighted by molar-refractivity contribution is 6.30. The highest BCUT2D eigenvalue weighted by Crippen LogP contribution is 2.29. The van der Waals surface area contributed by atoms with Gasteiger partial charge in [0.05, 0.1) is 18.1 Å². The van der Waals surface area contributed by atoms with Crippen molar-refractivity contribution >= 4 is 28.9 Å². The van der Waals surface area contributed by atoms with E-state index < -0.39 is 4.92 Å². The predicted octanol–water partition coefficient (Wildman–Crippen LogP) is 2.78. The van der Waals surface area contributed by atoms with Crippen LogP contribution in [0.25, 0.3) is 0 Å². The van der Waals surface area contributed by atoms with Crippen molar-refractivity contribution in [1.82, 2.24) is 14.9 Å². The van der Waals surface area contributed by atoms with Gasteiger partial charge in [0.2, 0.25) is 11.6 Å². The highest BCUT2D eigenvalue weighted by atomic mass is 35.5. The van der Waals surface area contributed by atoms with Gasteiger partial charge in [-0.3, -0.25) is 15.0 Å². The number of benzene rings is 1. The summed E-state index contributed by atoms with van der Waals surface area (Å²) in [6.07, 6.45) is 2.18. The molecular formula is C18H23ClN6O3. The van der Waals surface area contributed by atoms with Gasteiger partial charge in [-0.1, -0.05) is 23.7 Å². The lowest BCUT2D eigenvalue weighted by Gasteiger charge is -2.26. The van der Waals surface area contributed by atoms with Crippen molar-refractivity contribution in [3.05, 3.63) is 51.3 Å².